The molecule has 0 aliphatic carbocycles. The van der Waals surface area contributed by atoms with Gasteiger partial charge in [-0.1, -0.05) is 0 Å². The Morgan fingerprint density at radius 3 is 1.14 bits per heavy atom. The molecular weight excluding hydrogens is 182 g/mol. The molecule has 0 spiro atoms. The van der Waals surface area contributed by atoms with Crippen molar-refractivity contribution in [2.75, 3.05) is 0 Å². The molecule has 0 aromatic rings. The van der Waals surface area contributed by atoms with Crippen LogP contribution in [0, 0.1) is 0 Å². The molecule has 0 fully saturated rings. The first-order valence-corrected chi connectivity index (χ1v) is 2.19. The van der Waals surface area contributed by atoms with Crippen molar-refractivity contribution in [1.29, 1.82) is 0 Å². The SMILES string of the molecule is O=P([O-])([O-])[O-].[Fe+2].[P+3]. The van der Waals surface area contributed by atoms with Crippen molar-refractivity contribution in [3.63, 3.8) is 0 Å². The zero-order valence-corrected chi connectivity index (χ0v) is 5.77. The third-order valence-corrected chi connectivity index (χ3v) is 0. The van der Waals surface area contributed by atoms with Crippen LogP contribution in [0.2, 0.25) is 0 Å². The first-order chi connectivity index (χ1) is 2.00. The van der Waals surface area contributed by atoms with Gasteiger partial charge in [-0.3, -0.25) is 0 Å². The maximum Gasteiger partial charge on any atom is 3.00 e. The molecule has 0 atom stereocenters. The molecule has 0 rings (SSSR count). The van der Waals surface area contributed by atoms with Crippen molar-refractivity contribution < 1.29 is 36.3 Å². The van der Waals surface area contributed by atoms with E-state index in [4.69, 9.17) is 19.2 Å². The second-order valence-electron chi connectivity index (χ2n) is 0.447. The van der Waals surface area contributed by atoms with Gasteiger partial charge in [-0.2, -0.15) is 7.82 Å². The fraction of sp³-hybridized carbons (Fsp3) is 0. The van der Waals surface area contributed by atoms with Crippen molar-refractivity contribution in [3.8, 4) is 0 Å². The van der Waals surface area contributed by atoms with Gasteiger partial charge in [-0.05, 0) is 0 Å². The van der Waals surface area contributed by atoms with E-state index in [0.717, 1.165) is 0 Å². The van der Waals surface area contributed by atoms with Crippen LogP contribution in [0.3, 0.4) is 0 Å². The van der Waals surface area contributed by atoms with E-state index in [1.165, 1.54) is 0 Å². The topological polar surface area (TPSA) is 86.2 Å². The Morgan fingerprint density at radius 1 is 1.14 bits per heavy atom. The monoisotopic (exact) mass is 182 g/mol. The summed E-state index contributed by atoms with van der Waals surface area (Å²) in [5.41, 5.74) is 0. The van der Waals surface area contributed by atoms with Crippen LogP contribution in [-0.2, 0) is 21.6 Å². The maximum atomic E-state index is 8.55. The summed E-state index contributed by atoms with van der Waals surface area (Å²) >= 11 is 0. The van der Waals surface area contributed by atoms with Gasteiger partial charge in [0.2, 0.25) is 0 Å². The molecule has 0 aliphatic rings. The molecule has 4 nitrogen and oxygen atoms in total. The Morgan fingerprint density at radius 2 is 1.14 bits per heavy atom. The number of rotatable bonds is 0. The molecule has 7 heavy (non-hydrogen) atoms. The predicted molar refractivity (Wildman–Crippen MR) is 14.5 cm³/mol. The maximum absolute atomic E-state index is 8.55. The zero-order chi connectivity index (χ0) is 4.50. The second-order valence-corrected chi connectivity index (χ2v) is 1.34. The van der Waals surface area contributed by atoms with Gasteiger partial charge in [0.25, 0.3) is 0 Å². The fourth-order valence-electron chi connectivity index (χ4n) is 0. The van der Waals surface area contributed by atoms with Gasteiger partial charge in [0, 0.05) is 0 Å². The molecule has 0 bridgehead atoms. The van der Waals surface area contributed by atoms with Gasteiger partial charge in [0.15, 0.2) is 0 Å². The van der Waals surface area contributed by atoms with Crippen LogP contribution < -0.4 is 14.7 Å². The first-order valence-electron chi connectivity index (χ1n) is 0.730. The Hall–Kier alpha value is 1.06. The molecule has 0 aliphatic heterocycles. The van der Waals surface area contributed by atoms with Gasteiger partial charge in [0.1, 0.15) is 0 Å². The molecule has 0 saturated carbocycles. The fourth-order valence-corrected chi connectivity index (χ4v) is 0. The van der Waals surface area contributed by atoms with Crippen molar-refractivity contribution >= 4 is 17.7 Å². The molecule has 7 heteroatoms. The minimum Gasteiger partial charge on any atom is -0.822 e. The molecule has 0 saturated heterocycles. The summed E-state index contributed by atoms with van der Waals surface area (Å²) in [6, 6.07) is 0. The molecule has 0 heterocycles. The van der Waals surface area contributed by atoms with Crippen LogP contribution in [0.1, 0.15) is 0 Å². The second kappa shape index (κ2) is 5.20. The molecule has 40 valence electrons. The smallest absolute Gasteiger partial charge is 0.822 e. The largest absolute Gasteiger partial charge is 3.00 e. The number of phosphoric acid groups is 1. The van der Waals surface area contributed by atoms with Crippen LogP contribution >= 0.6 is 17.7 Å². The van der Waals surface area contributed by atoms with E-state index >= 15 is 0 Å². The van der Waals surface area contributed by atoms with Gasteiger partial charge in [-0.25, -0.2) is 0 Å². The van der Waals surface area contributed by atoms with E-state index in [-0.39, 0.29) is 27.0 Å². The average molecular weight is 182 g/mol. The molecule has 0 aromatic heterocycles. The van der Waals surface area contributed by atoms with E-state index in [1.807, 2.05) is 0 Å². The van der Waals surface area contributed by atoms with Crippen LogP contribution in [0.5, 0.6) is 0 Å². The van der Waals surface area contributed by atoms with E-state index in [2.05, 4.69) is 0 Å². The minimum atomic E-state index is -5.39. The van der Waals surface area contributed by atoms with Gasteiger partial charge in [0.05, 0.1) is 0 Å². The third-order valence-electron chi connectivity index (χ3n) is 0. The van der Waals surface area contributed by atoms with Crippen molar-refractivity contribution in [1.82, 2.24) is 0 Å². The molecule has 0 unspecified atom stereocenters. The standard InChI is InChI=1S/Fe.H3O4P.P/c;1-5(2,3)4;/h;(H3,1,2,3,4);/q+2;;+3/p-3. The quantitative estimate of drug-likeness (QED) is 0.321. The molecular formula is FeO4P2+2. The summed E-state index contributed by atoms with van der Waals surface area (Å²) in [5.74, 6) is 0. The van der Waals surface area contributed by atoms with Gasteiger partial charge >= 0.3 is 27.0 Å². The van der Waals surface area contributed by atoms with E-state index in [9.17, 15) is 0 Å². The van der Waals surface area contributed by atoms with Crippen molar-refractivity contribution in [2.24, 2.45) is 0 Å². The predicted octanol–water partition coefficient (Wildman–Crippen LogP) is -1.97. The number of hydrogen-bond donors (Lipinski definition) is 0. The summed E-state index contributed by atoms with van der Waals surface area (Å²) in [6.45, 7) is 0. The summed E-state index contributed by atoms with van der Waals surface area (Å²) in [4.78, 5) is 25.6. The molecule has 2 radical (unpaired) electrons. The summed E-state index contributed by atoms with van der Waals surface area (Å²) in [7, 11) is -5.39. The van der Waals surface area contributed by atoms with Gasteiger partial charge in [-0.15, -0.1) is 0 Å². The normalized spacial score (nSPS) is 8.43. The number of hydrogen-bond acceptors (Lipinski definition) is 4. The molecule has 0 amide bonds. The summed E-state index contributed by atoms with van der Waals surface area (Å²) in [5, 5.41) is 0. The molecule has 0 N–H and O–H groups in total. The van der Waals surface area contributed by atoms with Crippen molar-refractivity contribution in [2.45, 2.75) is 0 Å². The first kappa shape index (κ1) is 15.7. The van der Waals surface area contributed by atoms with Crippen LogP contribution in [-0.4, -0.2) is 0 Å². The van der Waals surface area contributed by atoms with Crippen molar-refractivity contribution in [3.05, 3.63) is 0 Å². The zero-order valence-electron chi connectivity index (χ0n) is 2.88. The Balaban J connectivity index is -0.0000000800. The van der Waals surface area contributed by atoms with E-state index < -0.39 is 7.82 Å². The Kier molecular flexibility index (Phi) is 11.7. The third kappa shape index (κ3) is 161. The average Bonchev–Trinajstić information content (AvgIpc) is 0.722. The summed E-state index contributed by atoms with van der Waals surface area (Å²) in [6.07, 6.45) is 0. The van der Waals surface area contributed by atoms with E-state index in [0.29, 0.717) is 0 Å². The minimum absolute atomic E-state index is 0. The van der Waals surface area contributed by atoms with E-state index in [1.54, 1.807) is 0 Å². The van der Waals surface area contributed by atoms with Crippen LogP contribution in [0.15, 0.2) is 0 Å². The van der Waals surface area contributed by atoms with Crippen LogP contribution in [0.4, 0.5) is 0 Å². The van der Waals surface area contributed by atoms with Crippen LogP contribution in [0.25, 0.3) is 0 Å². The molecule has 0 aromatic carbocycles. The Bertz CT molecular complexity index is 55.8. The van der Waals surface area contributed by atoms with Gasteiger partial charge < -0.3 is 19.2 Å². The Labute approximate surface area is 54.7 Å². The summed E-state index contributed by atoms with van der Waals surface area (Å²) < 4.78 is 8.55.